The lowest BCUT2D eigenvalue weighted by molar-refractivity contribution is -0.130. The molecule has 96 valence electrons. The number of hydrogen-bond donors (Lipinski definition) is 0. The Hall–Kier alpha value is -1.13. The van der Waals surface area contributed by atoms with E-state index in [1.807, 2.05) is 29.2 Å². The number of hydrogen-bond acceptors (Lipinski definition) is 2. The molecule has 0 N–H and O–H groups in total. The van der Waals surface area contributed by atoms with Gasteiger partial charge in [-0.3, -0.25) is 4.79 Å². The topological polar surface area (TPSA) is 23.6 Å². The molecule has 2 rings (SSSR count). The Bertz CT molecular complexity index is 470. The van der Waals surface area contributed by atoms with Gasteiger partial charge in [-0.1, -0.05) is 42.0 Å². The van der Waals surface area contributed by atoms with E-state index in [2.05, 4.69) is 4.90 Å². The second-order valence-electron chi connectivity index (χ2n) is 4.28. The van der Waals surface area contributed by atoms with E-state index in [0.717, 1.165) is 36.7 Å². The van der Waals surface area contributed by atoms with Gasteiger partial charge in [0.1, 0.15) is 4.99 Å². The third kappa shape index (κ3) is 2.82. The van der Waals surface area contributed by atoms with Crippen LogP contribution in [0.4, 0.5) is 0 Å². The van der Waals surface area contributed by atoms with Crippen molar-refractivity contribution in [2.75, 3.05) is 26.2 Å². The maximum atomic E-state index is 11.3. The molecule has 0 aromatic heterocycles. The summed E-state index contributed by atoms with van der Waals surface area (Å²) in [6.45, 7) is 4.58. The van der Waals surface area contributed by atoms with E-state index >= 15 is 0 Å². The fourth-order valence-electron chi connectivity index (χ4n) is 2.03. The zero-order chi connectivity index (χ0) is 13.1. The maximum Gasteiger partial charge on any atom is 0.219 e. The molecule has 0 bridgehead atoms. The van der Waals surface area contributed by atoms with E-state index in [-0.39, 0.29) is 5.91 Å². The highest BCUT2D eigenvalue weighted by Gasteiger charge is 2.21. The summed E-state index contributed by atoms with van der Waals surface area (Å²) in [5, 5.41) is 0.677. The van der Waals surface area contributed by atoms with Crippen molar-refractivity contribution in [1.82, 2.24) is 9.80 Å². The normalized spacial score (nSPS) is 15.7. The first-order valence-corrected chi connectivity index (χ1v) is 6.67. The molecule has 0 radical (unpaired) electrons. The van der Waals surface area contributed by atoms with Gasteiger partial charge in [0.05, 0.1) is 5.02 Å². The van der Waals surface area contributed by atoms with Gasteiger partial charge < -0.3 is 9.80 Å². The summed E-state index contributed by atoms with van der Waals surface area (Å²) >= 11 is 11.6. The van der Waals surface area contributed by atoms with Gasteiger partial charge in [-0.05, 0) is 6.07 Å². The first-order chi connectivity index (χ1) is 8.59. The van der Waals surface area contributed by atoms with Crippen molar-refractivity contribution in [3.63, 3.8) is 0 Å². The average molecular weight is 283 g/mol. The van der Waals surface area contributed by atoms with Crippen LogP contribution >= 0.6 is 23.8 Å². The molecule has 1 amide bonds. The Morgan fingerprint density at radius 3 is 2.28 bits per heavy atom. The smallest absolute Gasteiger partial charge is 0.219 e. The third-order valence-electron chi connectivity index (χ3n) is 3.12. The summed E-state index contributed by atoms with van der Waals surface area (Å²) in [5.74, 6) is 0.123. The summed E-state index contributed by atoms with van der Waals surface area (Å²) in [7, 11) is 0. The van der Waals surface area contributed by atoms with Gasteiger partial charge in [-0.25, -0.2) is 0 Å². The van der Waals surface area contributed by atoms with Crippen molar-refractivity contribution in [3.05, 3.63) is 34.9 Å². The molecule has 3 nitrogen and oxygen atoms in total. The lowest BCUT2D eigenvalue weighted by Crippen LogP contribution is -2.49. The highest BCUT2D eigenvalue weighted by molar-refractivity contribution is 7.80. The number of thiocarbonyl (C=S) groups is 1. The van der Waals surface area contributed by atoms with Crippen molar-refractivity contribution in [2.45, 2.75) is 6.92 Å². The molecule has 1 fully saturated rings. The maximum absolute atomic E-state index is 11.3. The first kappa shape index (κ1) is 13.3. The summed E-state index contributed by atoms with van der Waals surface area (Å²) in [5.41, 5.74) is 0.894. The van der Waals surface area contributed by atoms with Crippen molar-refractivity contribution >= 4 is 34.7 Å². The Morgan fingerprint density at radius 1 is 1.17 bits per heavy atom. The van der Waals surface area contributed by atoms with Crippen molar-refractivity contribution in [3.8, 4) is 0 Å². The standard InChI is InChI=1S/C13H15ClN2OS/c1-10(17)15-6-8-16(9-7-15)13(18)11-4-2-3-5-12(11)14/h2-5H,6-9H2,1H3. The van der Waals surface area contributed by atoms with E-state index in [1.165, 1.54) is 0 Å². The highest BCUT2D eigenvalue weighted by atomic mass is 35.5. The van der Waals surface area contributed by atoms with Gasteiger partial charge in [0.2, 0.25) is 5.91 Å². The van der Waals surface area contributed by atoms with Crippen LogP contribution < -0.4 is 0 Å². The fraction of sp³-hybridized carbons (Fsp3) is 0.385. The van der Waals surface area contributed by atoms with Crippen LogP contribution in [0.15, 0.2) is 24.3 Å². The van der Waals surface area contributed by atoms with Crippen LogP contribution in [-0.2, 0) is 4.79 Å². The molecule has 1 aliphatic rings. The predicted molar refractivity (Wildman–Crippen MR) is 77.0 cm³/mol. The fourth-order valence-corrected chi connectivity index (χ4v) is 2.67. The summed E-state index contributed by atoms with van der Waals surface area (Å²) in [6, 6.07) is 7.60. The number of rotatable bonds is 1. The van der Waals surface area contributed by atoms with Gasteiger partial charge in [-0.15, -0.1) is 0 Å². The van der Waals surface area contributed by atoms with E-state index in [4.69, 9.17) is 23.8 Å². The summed E-state index contributed by atoms with van der Waals surface area (Å²) in [4.78, 5) is 16.0. The van der Waals surface area contributed by atoms with Crippen LogP contribution in [0.25, 0.3) is 0 Å². The van der Waals surface area contributed by atoms with Crippen molar-refractivity contribution in [1.29, 1.82) is 0 Å². The number of carbonyl (C=O) groups is 1. The van der Waals surface area contributed by atoms with Crippen LogP contribution in [0, 0.1) is 0 Å². The SMILES string of the molecule is CC(=O)N1CCN(C(=S)c2ccccc2Cl)CC1. The number of benzene rings is 1. The second-order valence-corrected chi connectivity index (χ2v) is 5.07. The number of nitrogens with zero attached hydrogens (tertiary/aromatic N) is 2. The Balaban J connectivity index is 2.04. The average Bonchev–Trinajstić information content (AvgIpc) is 2.38. The quantitative estimate of drug-likeness (QED) is 0.738. The molecule has 1 aromatic rings. The van der Waals surface area contributed by atoms with Crippen LogP contribution in [0.2, 0.25) is 5.02 Å². The highest BCUT2D eigenvalue weighted by Crippen LogP contribution is 2.18. The molecule has 0 atom stereocenters. The first-order valence-electron chi connectivity index (χ1n) is 5.89. The molecule has 1 aromatic carbocycles. The number of piperazine rings is 1. The monoisotopic (exact) mass is 282 g/mol. The van der Waals surface area contributed by atoms with Crippen molar-refractivity contribution in [2.24, 2.45) is 0 Å². The molecule has 1 saturated heterocycles. The van der Waals surface area contributed by atoms with Gasteiger partial charge in [0, 0.05) is 38.7 Å². The number of amides is 1. The van der Waals surface area contributed by atoms with Crippen molar-refractivity contribution < 1.29 is 4.79 Å². The number of halogens is 1. The van der Waals surface area contributed by atoms with Crippen LogP contribution in [0.1, 0.15) is 12.5 Å². The molecule has 1 aliphatic heterocycles. The minimum absolute atomic E-state index is 0.123. The van der Waals surface area contributed by atoms with E-state index < -0.39 is 0 Å². The van der Waals surface area contributed by atoms with Crippen LogP contribution in [0.5, 0.6) is 0 Å². The molecular weight excluding hydrogens is 268 g/mol. The molecule has 1 heterocycles. The Kier molecular flexibility index (Phi) is 4.19. The Labute approximate surface area is 117 Å². The largest absolute Gasteiger partial charge is 0.359 e. The summed E-state index contributed by atoms with van der Waals surface area (Å²) < 4.78 is 0. The molecule has 18 heavy (non-hydrogen) atoms. The summed E-state index contributed by atoms with van der Waals surface area (Å²) in [6.07, 6.45) is 0. The molecule has 0 unspecified atom stereocenters. The Morgan fingerprint density at radius 2 is 1.72 bits per heavy atom. The number of carbonyl (C=O) groups excluding carboxylic acids is 1. The van der Waals surface area contributed by atoms with E-state index in [0.29, 0.717) is 5.02 Å². The molecule has 5 heteroatoms. The van der Waals surface area contributed by atoms with Gasteiger partial charge in [0.15, 0.2) is 0 Å². The van der Waals surface area contributed by atoms with E-state index in [1.54, 1.807) is 6.92 Å². The molecule has 0 aliphatic carbocycles. The third-order valence-corrected chi connectivity index (χ3v) is 3.92. The van der Waals surface area contributed by atoms with Crippen LogP contribution in [0.3, 0.4) is 0 Å². The predicted octanol–water partition coefficient (Wildman–Crippen LogP) is 2.18. The lowest BCUT2D eigenvalue weighted by atomic mass is 10.2. The van der Waals surface area contributed by atoms with Gasteiger partial charge in [0.25, 0.3) is 0 Å². The minimum Gasteiger partial charge on any atom is -0.359 e. The van der Waals surface area contributed by atoms with E-state index in [9.17, 15) is 4.79 Å². The molecular formula is C13H15ClN2OS. The minimum atomic E-state index is 0.123. The van der Waals surface area contributed by atoms with Gasteiger partial charge >= 0.3 is 0 Å². The zero-order valence-corrected chi connectivity index (χ0v) is 11.8. The second kappa shape index (κ2) is 5.67. The van der Waals surface area contributed by atoms with Gasteiger partial charge in [-0.2, -0.15) is 0 Å². The lowest BCUT2D eigenvalue weighted by Gasteiger charge is -2.35. The molecule has 0 spiro atoms. The zero-order valence-electron chi connectivity index (χ0n) is 10.2. The van der Waals surface area contributed by atoms with Crippen LogP contribution in [-0.4, -0.2) is 46.9 Å². The molecule has 0 saturated carbocycles.